The molecule has 1 fully saturated rings. The number of anilines is 1. The molecule has 1 heterocycles. The van der Waals surface area contributed by atoms with Gasteiger partial charge in [0.05, 0.1) is 0 Å². The van der Waals surface area contributed by atoms with E-state index in [1.165, 1.54) is 25.7 Å². The van der Waals surface area contributed by atoms with Crippen LogP contribution in [0.25, 0.3) is 0 Å². The molecular formula is C13H21N3. The average molecular weight is 219 g/mol. The molecule has 2 atom stereocenters. The van der Waals surface area contributed by atoms with Crippen LogP contribution in [-0.4, -0.2) is 16.0 Å². The molecule has 0 bridgehead atoms. The van der Waals surface area contributed by atoms with Crippen molar-refractivity contribution >= 4 is 5.95 Å². The van der Waals surface area contributed by atoms with Gasteiger partial charge in [0, 0.05) is 17.4 Å². The summed E-state index contributed by atoms with van der Waals surface area (Å²) in [6.07, 6.45) is 5.26. The Kier molecular flexibility index (Phi) is 3.42. The van der Waals surface area contributed by atoms with Crippen LogP contribution in [0.5, 0.6) is 0 Å². The Morgan fingerprint density at radius 3 is 2.38 bits per heavy atom. The van der Waals surface area contributed by atoms with Gasteiger partial charge in [-0.3, -0.25) is 0 Å². The van der Waals surface area contributed by atoms with E-state index in [9.17, 15) is 0 Å². The summed E-state index contributed by atoms with van der Waals surface area (Å²) >= 11 is 0. The van der Waals surface area contributed by atoms with E-state index in [2.05, 4.69) is 22.2 Å². The third kappa shape index (κ3) is 2.71. The molecule has 1 aromatic heterocycles. The first-order valence-electron chi connectivity index (χ1n) is 6.24. The zero-order valence-corrected chi connectivity index (χ0v) is 10.5. The van der Waals surface area contributed by atoms with Crippen molar-refractivity contribution in [3.8, 4) is 0 Å². The van der Waals surface area contributed by atoms with Gasteiger partial charge < -0.3 is 5.32 Å². The first-order chi connectivity index (χ1) is 7.65. The minimum Gasteiger partial charge on any atom is -0.351 e. The van der Waals surface area contributed by atoms with Crippen LogP contribution >= 0.6 is 0 Å². The lowest BCUT2D eigenvalue weighted by atomic mass is 9.86. The van der Waals surface area contributed by atoms with E-state index in [1.54, 1.807) is 0 Å². The van der Waals surface area contributed by atoms with Gasteiger partial charge in [0.1, 0.15) is 0 Å². The Balaban J connectivity index is 2.07. The van der Waals surface area contributed by atoms with Crippen LogP contribution in [0.1, 0.15) is 44.0 Å². The number of nitrogens with zero attached hydrogens (tertiary/aromatic N) is 2. The average Bonchev–Trinajstić information content (AvgIpc) is 2.20. The minimum atomic E-state index is 0.551. The first-order valence-corrected chi connectivity index (χ1v) is 6.24. The summed E-state index contributed by atoms with van der Waals surface area (Å²) in [5.41, 5.74) is 2.08. The van der Waals surface area contributed by atoms with E-state index in [0.717, 1.165) is 23.3 Å². The smallest absolute Gasteiger partial charge is 0.223 e. The summed E-state index contributed by atoms with van der Waals surface area (Å²) in [6.45, 7) is 6.35. The van der Waals surface area contributed by atoms with Crippen LogP contribution < -0.4 is 5.32 Å². The third-order valence-corrected chi connectivity index (χ3v) is 3.41. The lowest BCUT2D eigenvalue weighted by Crippen LogP contribution is -2.31. The van der Waals surface area contributed by atoms with Gasteiger partial charge in [-0.05, 0) is 38.7 Å². The summed E-state index contributed by atoms with van der Waals surface area (Å²) in [6, 6.07) is 2.56. The fraction of sp³-hybridized carbons (Fsp3) is 0.692. The van der Waals surface area contributed by atoms with Crippen molar-refractivity contribution in [3.05, 3.63) is 17.5 Å². The molecule has 0 radical (unpaired) electrons. The summed E-state index contributed by atoms with van der Waals surface area (Å²) in [7, 11) is 0. The predicted molar refractivity (Wildman–Crippen MR) is 66.5 cm³/mol. The molecule has 3 nitrogen and oxygen atoms in total. The number of hydrogen-bond acceptors (Lipinski definition) is 3. The molecule has 88 valence electrons. The number of aromatic nitrogens is 2. The fourth-order valence-electron chi connectivity index (χ4n) is 2.49. The van der Waals surface area contributed by atoms with Crippen molar-refractivity contribution in [1.82, 2.24) is 9.97 Å². The van der Waals surface area contributed by atoms with Crippen LogP contribution in [-0.2, 0) is 0 Å². The van der Waals surface area contributed by atoms with Crippen LogP contribution in [0.2, 0.25) is 0 Å². The molecule has 0 aromatic carbocycles. The molecule has 1 aliphatic rings. The molecule has 0 amide bonds. The van der Waals surface area contributed by atoms with Gasteiger partial charge in [0.15, 0.2) is 0 Å². The standard InChI is InChI=1S/C13H21N3/c1-9-6-4-5-7-12(9)16-13-14-10(2)8-11(3)15-13/h8-9,12H,4-7H2,1-3H3,(H,14,15,16). The maximum atomic E-state index is 4.44. The largest absolute Gasteiger partial charge is 0.351 e. The van der Waals surface area contributed by atoms with E-state index in [0.29, 0.717) is 6.04 Å². The highest BCUT2D eigenvalue weighted by Gasteiger charge is 2.21. The molecule has 0 saturated heterocycles. The summed E-state index contributed by atoms with van der Waals surface area (Å²) in [5, 5.41) is 3.49. The summed E-state index contributed by atoms with van der Waals surface area (Å²) in [4.78, 5) is 8.88. The second kappa shape index (κ2) is 4.81. The summed E-state index contributed by atoms with van der Waals surface area (Å²) in [5.74, 6) is 1.54. The van der Waals surface area contributed by atoms with E-state index < -0.39 is 0 Å². The monoisotopic (exact) mass is 219 g/mol. The van der Waals surface area contributed by atoms with Crippen molar-refractivity contribution in [1.29, 1.82) is 0 Å². The fourth-order valence-corrected chi connectivity index (χ4v) is 2.49. The van der Waals surface area contributed by atoms with E-state index in [-0.39, 0.29) is 0 Å². The molecule has 2 rings (SSSR count). The number of aryl methyl sites for hydroxylation is 2. The SMILES string of the molecule is Cc1cc(C)nc(NC2CCCCC2C)n1. The molecular weight excluding hydrogens is 198 g/mol. The molecule has 3 heteroatoms. The maximum absolute atomic E-state index is 4.44. The number of rotatable bonds is 2. The normalized spacial score (nSPS) is 25.4. The number of nitrogens with one attached hydrogen (secondary N) is 1. The van der Waals surface area contributed by atoms with Crippen molar-refractivity contribution in [2.45, 2.75) is 52.5 Å². The predicted octanol–water partition coefficient (Wildman–Crippen LogP) is 3.08. The number of hydrogen-bond donors (Lipinski definition) is 1. The third-order valence-electron chi connectivity index (χ3n) is 3.41. The molecule has 2 unspecified atom stereocenters. The lowest BCUT2D eigenvalue weighted by molar-refractivity contribution is 0.348. The Hall–Kier alpha value is -1.12. The van der Waals surface area contributed by atoms with Gasteiger partial charge in [0.25, 0.3) is 0 Å². The molecule has 0 spiro atoms. The maximum Gasteiger partial charge on any atom is 0.223 e. The minimum absolute atomic E-state index is 0.551. The van der Waals surface area contributed by atoms with Crippen LogP contribution in [0.4, 0.5) is 5.95 Å². The molecule has 1 aliphatic carbocycles. The van der Waals surface area contributed by atoms with Gasteiger partial charge in [-0.2, -0.15) is 0 Å². The highest BCUT2D eigenvalue weighted by Crippen LogP contribution is 2.25. The highest BCUT2D eigenvalue weighted by molar-refractivity contribution is 5.29. The van der Waals surface area contributed by atoms with Gasteiger partial charge in [0.2, 0.25) is 5.95 Å². The zero-order chi connectivity index (χ0) is 11.5. The van der Waals surface area contributed by atoms with Gasteiger partial charge in [-0.15, -0.1) is 0 Å². The lowest BCUT2D eigenvalue weighted by Gasteiger charge is -2.29. The van der Waals surface area contributed by atoms with Gasteiger partial charge in [-0.25, -0.2) is 9.97 Å². The second-order valence-corrected chi connectivity index (χ2v) is 4.99. The van der Waals surface area contributed by atoms with Crippen molar-refractivity contribution in [3.63, 3.8) is 0 Å². The van der Waals surface area contributed by atoms with Crippen LogP contribution in [0, 0.1) is 19.8 Å². The topological polar surface area (TPSA) is 37.8 Å². The van der Waals surface area contributed by atoms with Gasteiger partial charge >= 0.3 is 0 Å². The summed E-state index contributed by atoms with van der Waals surface area (Å²) < 4.78 is 0. The Bertz CT molecular complexity index is 342. The molecule has 0 aliphatic heterocycles. The molecule has 1 saturated carbocycles. The van der Waals surface area contributed by atoms with E-state index >= 15 is 0 Å². The molecule has 16 heavy (non-hydrogen) atoms. The quantitative estimate of drug-likeness (QED) is 0.830. The van der Waals surface area contributed by atoms with E-state index in [4.69, 9.17) is 0 Å². The van der Waals surface area contributed by atoms with Crippen molar-refractivity contribution < 1.29 is 0 Å². The van der Waals surface area contributed by atoms with Crippen molar-refractivity contribution in [2.75, 3.05) is 5.32 Å². The van der Waals surface area contributed by atoms with E-state index in [1.807, 2.05) is 19.9 Å². The second-order valence-electron chi connectivity index (χ2n) is 4.99. The van der Waals surface area contributed by atoms with Crippen LogP contribution in [0.3, 0.4) is 0 Å². The highest BCUT2D eigenvalue weighted by atomic mass is 15.1. The van der Waals surface area contributed by atoms with Crippen LogP contribution in [0.15, 0.2) is 6.07 Å². The first kappa shape index (κ1) is 11.4. The Morgan fingerprint density at radius 2 is 1.75 bits per heavy atom. The van der Waals surface area contributed by atoms with Crippen molar-refractivity contribution in [2.24, 2.45) is 5.92 Å². The van der Waals surface area contributed by atoms with Gasteiger partial charge in [-0.1, -0.05) is 19.8 Å². The zero-order valence-electron chi connectivity index (χ0n) is 10.5. The Morgan fingerprint density at radius 1 is 1.12 bits per heavy atom. The Labute approximate surface area is 97.7 Å². The molecule has 1 N–H and O–H groups in total. The molecule has 1 aromatic rings.